The Bertz CT molecular complexity index is 4030. The van der Waals surface area contributed by atoms with Crippen LogP contribution in [-0.2, 0) is 48.5 Å². The van der Waals surface area contributed by atoms with Gasteiger partial charge in [0.1, 0.15) is 36.4 Å². The van der Waals surface area contributed by atoms with Crippen LogP contribution in [0.5, 0.6) is 0 Å². The fourth-order valence-electron chi connectivity index (χ4n) is 22.3. The first-order chi connectivity index (χ1) is 55.6. The number of hydrogen-bond acceptors (Lipinski definition) is 17. The molecule has 23 heteroatoms. The number of fused-ring (bicyclic) bond motifs is 6. The third kappa shape index (κ3) is 18.6. The van der Waals surface area contributed by atoms with E-state index in [1.807, 2.05) is 131 Å². The lowest BCUT2D eigenvalue weighted by Gasteiger charge is -2.62. The van der Waals surface area contributed by atoms with Crippen LogP contribution in [0.4, 0.5) is 0 Å². The van der Waals surface area contributed by atoms with Crippen LogP contribution in [0, 0.1) is 90.8 Å². The zero-order valence-corrected chi connectivity index (χ0v) is 73.9. The Balaban J connectivity index is 0.000000164. The van der Waals surface area contributed by atoms with Gasteiger partial charge in [0.2, 0.25) is 17.7 Å². The summed E-state index contributed by atoms with van der Waals surface area (Å²) in [6, 6.07) is 37.6. The Kier molecular flexibility index (Phi) is 28.9. The van der Waals surface area contributed by atoms with Gasteiger partial charge in [-0.3, -0.25) is 38.5 Å². The number of aliphatic hydroxyl groups excluding tert-OH is 6. The molecule has 0 radical (unpaired) electrons. The van der Waals surface area contributed by atoms with Crippen molar-refractivity contribution in [3.63, 3.8) is 0 Å². The van der Waals surface area contributed by atoms with E-state index in [9.17, 15) is 54.6 Å². The highest BCUT2D eigenvalue weighted by atomic mass is 127. The molecule has 0 spiro atoms. The molecule has 6 bridgehead atoms. The van der Waals surface area contributed by atoms with Gasteiger partial charge in [0.05, 0.1) is 57.8 Å². The molecular formula is C94H133IN8O14. The molecule has 9 N–H and O–H groups in total. The SMILES string of the molecule is CCN(CC)C(=O)c1ccc(-c2cccc(CN3O[C@@H](CO)[C@@H]([C@H](C)O)[C@H]3C(=O)N[C@H]3C[C@H]4C[C@@H]([C@@H]3C)C4(C)C)c2)cc1.CCN(CC)C(=O)c1ccc(-c2cccc(CN3O[C@@H](CO)[C@@H]([C@H](C)O)[C@H]3C(=O)N[C@H]3C[C@H]4C[C@@H]([C@@H]3C)C4(C)C)c2)cc1.C[C@@H]1[C@@H](NC(=O)[C@@H]2[C@H]([C@H](C)O)[C@H](CO)ON2Cc2cccc(I)c2)C[C@H]2C[C@@H]1C2(C)C. The molecule has 0 unspecified atom stereocenters. The van der Waals surface area contributed by atoms with Crippen LogP contribution in [0.1, 0.15) is 187 Å². The molecule has 9 aliphatic carbocycles. The molecule has 22 nitrogen and oxygen atoms in total. The van der Waals surface area contributed by atoms with Crippen molar-refractivity contribution in [3.05, 3.63) is 153 Å². The number of carbonyl (C=O) groups is 5. The van der Waals surface area contributed by atoms with Gasteiger partial charge in [-0.05, 0) is 267 Å². The van der Waals surface area contributed by atoms with Crippen molar-refractivity contribution in [1.29, 1.82) is 0 Å². The fraction of sp³-hybridized carbons (Fsp3) is 0.628. The molecule has 24 atom stereocenters. The summed E-state index contributed by atoms with van der Waals surface area (Å²) < 4.78 is 1.11. The van der Waals surface area contributed by atoms with Gasteiger partial charge < -0.3 is 56.4 Å². The van der Waals surface area contributed by atoms with E-state index in [1.165, 1.54) is 19.3 Å². The zero-order chi connectivity index (χ0) is 84.6. The maximum absolute atomic E-state index is 13.9. The summed E-state index contributed by atoms with van der Waals surface area (Å²) in [4.78, 5) is 88.8. The second-order valence-electron chi connectivity index (χ2n) is 37.3. The van der Waals surface area contributed by atoms with Gasteiger partial charge in [-0.1, -0.05) is 135 Å². The lowest BCUT2D eigenvalue weighted by atomic mass is 9.45. The number of amides is 5. The van der Waals surface area contributed by atoms with Crippen molar-refractivity contribution in [2.45, 2.75) is 242 Å². The molecular weight excluding hydrogens is 1590 g/mol. The van der Waals surface area contributed by atoms with E-state index in [4.69, 9.17) is 14.5 Å². The number of benzene rings is 5. The monoisotopic (exact) mass is 1720 g/mol. The molecule has 12 aliphatic rings. The minimum Gasteiger partial charge on any atom is -0.394 e. The van der Waals surface area contributed by atoms with Gasteiger partial charge in [-0.2, -0.15) is 15.2 Å². The second kappa shape index (κ2) is 37.6. The number of hydrogen-bond donors (Lipinski definition) is 9. The molecule has 3 heterocycles. The van der Waals surface area contributed by atoms with E-state index in [-0.39, 0.29) is 67.5 Å². The predicted molar refractivity (Wildman–Crippen MR) is 460 cm³/mol. The quantitative estimate of drug-likeness (QED) is 0.0233. The van der Waals surface area contributed by atoms with Crippen molar-refractivity contribution in [2.24, 2.45) is 87.3 Å². The molecule has 117 heavy (non-hydrogen) atoms. The first-order valence-corrected chi connectivity index (χ1v) is 44.5. The molecule has 5 amide bonds. The first kappa shape index (κ1) is 89.9. The average molecular weight is 1730 g/mol. The van der Waals surface area contributed by atoms with Gasteiger partial charge in [-0.15, -0.1) is 0 Å². The van der Waals surface area contributed by atoms with Crippen molar-refractivity contribution in [3.8, 4) is 22.3 Å². The van der Waals surface area contributed by atoms with Crippen molar-refractivity contribution >= 4 is 52.1 Å². The van der Waals surface area contributed by atoms with Crippen LogP contribution in [0.25, 0.3) is 22.3 Å². The van der Waals surface area contributed by atoms with Crippen LogP contribution < -0.4 is 16.0 Å². The fourth-order valence-corrected chi connectivity index (χ4v) is 22.9. The highest BCUT2D eigenvalue weighted by Gasteiger charge is 2.61. The van der Waals surface area contributed by atoms with E-state index < -0.39 is 72.5 Å². The standard InChI is InChI=1S/2C35H49N3O5.C24H35IN2O4/c2*1-7-37(8-2)34(42)25-14-12-24(13-15-25)26-11-9-10-23(16-26)19-38-32(31(22(4)40)30(20-39)43-38)33(41)36-29-18-27-17-28(21(29)3)35(27,5)6;1-13-18-9-16(24(18,3)4)10-19(13)26-23(30)22-21(14(2)29)20(12-28)31-27(22)11-15-6-5-7-17(25)8-15/h2*9-16,21-22,27-32,39-40H,7-8,17-20H2,1-6H3,(H,36,41);5-8,13-14,16,18-22,28-29H,9-12H2,1-4H3,(H,26,30)/t2*21-,22-,27+,28-,29-,30-,31+,32-;13-,14-,16+,18-,19-,20-,21+,22-/m000/s1. The first-order valence-electron chi connectivity index (χ1n) is 43.4. The second-order valence-corrected chi connectivity index (χ2v) is 38.6. The maximum Gasteiger partial charge on any atom is 0.253 e. The summed E-state index contributed by atoms with van der Waals surface area (Å²) in [7, 11) is 0. The highest BCUT2D eigenvalue weighted by molar-refractivity contribution is 14.1. The third-order valence-electron chi connectivity index (χ3n) is 30.0. The smallest absolute Gasteiger partial charge is 0.253 e. The Morgan fingerprint density at radius 3 is 0.957 bits per heavy atom. The van der Waals surface area contributed by atoms with E-state index in [2.05, 4.69) is 119 Å². The molecule has 5 aromatic carbocycles. The van der Waals surface area contributed by atoms with Crippen molar-refractivity contribution < 1.29 is 69.1 Å². The summed E-state index contributed by atoms with van der Waals surface area (Å²) in [5, 5.41) is 77.0. The Morgan fingerprint density at radius 2 is 0.709 bits per heavy atom. The summed E-state index contributed by atoms with van der Waals surface area (Å²) in [5.41, 5.74) is 9.18. The highest BCUT2D eigenvalue weighted by Crippen LogP contribution is 2.63. The molecule has 0 aromatic heterocycles. The summed E-state index contributed by atoms with van der Waals surface area (Å²) in [6.07, 6.45) is 2.26. The Labute approximate surface area is 707 Å². The molecule has 12 fully saturated rings. The van der Waals surface area contributed by atoms with Crippen molar-refractivity contribution in [2.75, 3.05) is 46.0 Å². The van der Waals surface area contributed by atoms with Gasteiger partial charge in [0, 0.05) is 76.8 Å². The molecule has 3 aliphatic heterocycles. The minimum atomic E-state index is -0.835. The average Bonchev–Trinajstić information content (AvgIpc) is 1.65. The molecule has 640 valence electrons. The van der Waals surface area contributed by atoms with Crippen molar-refractivity contribution in [1.82, 2.24) is 40.9 Å². The summed E-state index contributed by atoms with van der Waals surface area (Å²) >= 11 is 2.27. The number of rotatable bonds is 26. The topological polar surface area (TPSA) is 287 Å². The van der Waals surface area contributed by atoms with Gasteiger partial charge in [0.25, 0.3) is 11.8 Å². The largest absolute Gasteiger partial charge is 0.394 e. The normalized spacial score (nSPS) is 32.4. The number of aliphatic hydroxyl groups is 6. The lowest BCUT2D eigenvalue weighted by Crippen LogP contribution is -2.62. The number of nitrogens with one attached hydrogen (secondary N) is 3. The predicted octanol–water partition coefficient (Wildman–Crippen LogP) is 11.9. The van der Waals surface area contributed by atoms with E-state index in [1.54, 1.807) is 45.8 Å². The number of hydroxylamine groups is 6. The van der Waals surface area contributed by atoms with E-state index >= 15 is 0 Å². The van der Waals surface area contributed by atoms with Crippen LogP contribution in [0.3, 0.4) is 0 Å². The molecule has 9 saturated carbocycles. The van der Waals surface area contributed by atoms with Crippen LogP contribution in [0.2, 0.25) is 0 Å². The van der Waals surface area contributed by atoms with E-state index in [0.717, 1.165) is 61.8 Å². The summed E-state index contributed by atoms with van der Waals surface area (Å²) in [5.74, 6) is 2.91. The number of nitrogens with zero attached hydrogens (tertiary/aromatic N) is 5. The van der Waals surface area contributed by atoms with Crippen LogP contribution in [0.15, 0.2) is 121 Å². The van der Waals surface area contributed by atoms with E-state index in [0.29, 0.717) is 126 Å². The Hall–Kier alpha value is -6.30. The third-order valence-corrected chi connectivity index (χ3v) is 30.6. The maximum atomic E-state index is 13.9. The number of halogens is 1. The van der Waals surface area contributed by atoms with Gasteiger partial charge in [0.15, 0.2) is 0 Å². The van der Waals surface area contributed by atoms with Crippen LogP contribution >= 0.6 is 22.6 Å². The molecule has 3 saturated heterocycles. The number of carbonyl (C=O) groups excluding carboxylic acids is 5. The summed E-state index contributed by atoms with van der Waals surface area (Å²) in [6.45, 7) is 36.7. The Morgan fingerprint density at radius 1 is 0.427 bits per heavy atom. The van der Waals surface area contributed by atoms with Gasteiger partial charge >= 0.3 is 0 Å². The lowest BCUT2D eigenvalue weighted by molar-refractivity contribution is -0.183. The molecule has 5 aromatic rings. The van der Waals surface area contributed by atoms with Gasteiger partial charge in [-0.25, -0.2) is 0 Å². The minimum absolute atomic E-state index is 0.0234. The van der Waals surface area contributed by atoms with Crippen LogP contribution in [-0.4, -0.2) is 204 Å². The zero-order valence-electron chi connectivity index (χ0n) is 71.8. The molecule has 17 rings (SSSR count).